The van der Waals surface area contributed by atoms with Crippen molar-refractivity contribution in [2.45, 2.75) is 26.4 Å². The molecule has 0 unspecified atom stereocenters. The van der Waals surface area contributed by atoms with Gasteiger partial charge in [-0.05, 0) is 20.8 Å². The Labute approximate surface area is 129 Å². The average Bonchev–Trinajstić information content (AvgIpc) is 2.75. The van der Waals surface area contributed by atoms with E-state index in [-0.39, 0.29) is 18.3 Å². The van der Waals surface area contributed by atoms with E-state index in [9.17, 15) is 9.90 Å². The molecule has 0 aliphatic rings. The van der Waals surface area contributed by atoms with E-state index in [4.69, 9.17) is 10.5 Å². The lowest BCUT2D eigenvalue weighted by Gasteiger charge is -2.27. The molecule has 1 amide bonds. The number of likely N-dealkylation sites (N-methyl/N-ethyl adjacent to an activating group) is 1. The largest absolute Gasteiger partial charge is 0.389 e. The van der Waals surface area contributed by atoms with Crippen LogP contribution in [-0.2, 0) is 4.74 Å². The third kappa shape index (κ3) is 5.49. The zero-order valence-corrected chi connectivity index (χ0v) is 13.8. The lowest BCUT2D eigenvalue weighted by atomic mass is 10.1. The maximum Gasteiger partial charge on any atom is 0.267 e. The number of methoxy groups -OCH3 is 1. The van der Waals surface area contributed by atoms with Crippen LogP contribution in [0.5, 0.6) is 0 Å². The summed E-state index contributed by atoms with van der Waals surface area (Å²) in [7, 11) is 1.61. The van der Waals surface area contributed by atoms with E-state index >= 15 is 0 Å². The molecule has 0 spiro atoms. The fourth-order valence-electron chi connectivity index (χ4n) is 1.76. The summed E-state index contributed by atoms with van der Waals surface area (Å²) in [5.74, 6) is -0.00599. The van der Waals surface area contributed by atoms with Crippen molar-refractivity contribution in [2.75, 3.05) is 44.4 Å². The number of aliphatic hydroxyl groups is 1. The summed E-state index contributed by atoms with van der Waals surface area (Å²) >= 11 is 1.21. The zero-order chi connectivity index (χ0) is 16.0. The Kier molecular flexibility index (Phi) is 6.38. The Hall–Kier alpha value is -1.38. The molecule has 0 atom stereocenters. The summed E-state index contributed by atoms with van der Waals surface area (Å²) in [4.78, 5) is 18.6. The number of carbonyl (C=O) groups excluding carboxylic acids is 1. The molecule has 0 saturated heterocycles. The van der Waals surface area contributed by atoms with Crippen LogP contribution in [0.2, 0.25) is 0 Å². The summed E-state index contributed by atoms with van der Waals surface area (Å²) in [6.45, 7) is 7.06. The minimum Gasteiger partial charge on any atom is -0.389 e. The predicted octanol–water partition coefficient (Wildman–Crippen LogP) is 1.02. The molecule has 7 nitrogen and oxygen atoms in total. The summed E-state index contributed by atoms with van der Waals surface area (Å²) in [5, 5.41) is 13.5. The topological polar surface area (TPSA) is 101 Å². The fraction of sp³-hybridized carbons (Fsp3) is 0.692. The van der Waals surface area contributed by atoms with Gasteiger partial charge in [-0.15, -0.1) is 0 Å². The molecular formula is C13H24N4O3S. The second-order valence-corrected chi connectivity index (χ2v) is 6.28. The first-order chi connectivity index (χ1) is 9.78. The third-order valence-electron chi connectivity index (χ3n) is 2.68. The quantitative estimate of drug-likeness (QED) is 0.619. The van der Waals surface area contributed by atoms with Crippen LogP contribution in [0.15, 0.2) is 0 Å². The van der Waals surface area contributed by atoms with E-state index in [0.29, 0.717) is 29.7 Å². The van der Waals surface area contributed by atoms with Crippen molar-refractivity contribution < 1.29 is 14.6 Å². The summed E-state index contributed by atoms with van der Waals surface area (Å²) in [6, 6.07) is 0. The number of nitrogens with two attached hydrogens (primary N) is 1. The van der Waals surface area contributed by atoms with Crippen molar-refractivity contribution in [1.82, 2.24) is 9.88 Å². The van der Waals surface area contributed by atoms with Gasteiger partial charge in [0.2, 0.25) is 0 Å². The molecule has 21 heavy (non-hydrogen) atoms. The maximum atomic E-state index is 12.5. The average molecular weight is 316 g/mol. The SMILES string of the molecule is CCN(CC(C)(C)O)C(=O)c1sc(NCCOC)nc1N. The smallest absolute Gasteiger partial charge is 0.267 e. The molecule has 0 bridgehead atoms. The van der Waals surface area contributed by atoms with Gasteiger partial charge in [-0.2, -0.15) is 0 Å². The molecule has 0 fully saturated rings. The molecule has 8 heteroatoms. The van der Waals surface area contributed by atoms with Crippen LogP contribution in [0, 0.1) is 0 Å². The van der Waals surface area contributed by atoms with Gasteiger partial charge in [-0.25, -0.2) is 4.98 Å². The molecule has 0 radical (unpaired) electrons. The molecule has 1 aromatic rings. The van der Waals surface area contributed by atoms with E-state index in [1.807, 2.05) is 6.92 Å². The number of rotatable bonds is 8. The Morgan fingerprint density at radius 3 is 2.76 bits per heavy atom. The van der Waals surface area contributed by atoms with Gasteiger partial charge in [-0.1, -0.05) is 11.3 Å². The Bertz CT molecular complexity index is 470. The van der Waals surface area contributed by atoms with Crippen molar-refractivity contribution in [3.05, 3.63) is 4.88 Å². The molecule has 4 N–H and O–H groups in total. The van der Waals surface area contributed by atoms with E-state index in [2.05, 4.69) is 10.3 Å². The normalized spacial score (nSPS) is 11.5. The molecule has 1 heterocycles. The molecule has 0 aromatic carbocycles. The molecule has 0 aliphatic heterocycles. The first kappa shape index (κ1) is 17.7. The molecule has 0 aliphatic carbocycles. The Morgan fingerprint density at radius 2 is 2.24 bits per heavy atom. The maximum absolute atomic E-state index is 12.5. The number of nitrogen functional groups attached to an aromatic ring is 1. The van der Waals surface area contributed by atoms with Crippen molar-refractivity contribution >= 4 is 28.2 Å². The van der Waals surface area contributed by atoms with Crippen LogP contribution in [-0.4, -0.2) is 59.8 Å². The van der Waals surface area contributed by atoms with Gasteiger partial charge in [0.25, 0.3) is 5.91 Å². The molecular weight excluding hydrogens is 292 g/mol. The molecule has 0 saturated carbocycles. The predicted molar refractivity (Wildman–Crippen MR) is 84.8 cm³/mol. The number of amides is 1. The number of nitrogens with zero attached hydrogens (tertiary/aromatic N) is 2. The van der Waals surface area contributed by atoms with Crippen LogP contribution in [0.25, 0.3) is 0 Å². The fourth-order valence-corrected chi connectivity index (χ4v) is 2.64. The van der Waals surface area contributed by atoms with Gasteiger partial charge in [-0.3, -0.25) is 4.79 Å². The van der Waals surface area contributed by atoms with Gasteiger partial charge in [0.15, 0.2) is 5.13 Å². The second kappa shape index (κ2) is 7.58. The Balaban J connectivity index is 2.81. The van der Waals surface area contributed by atoms with Crippen molar-refractivity contribution in [1.29, 1.82) is 0 Å². The number of ether oxygens (including phenoxy) is 1. The highest BCUT2D eigenvalue weighted by Crippen LogP contribution is 2.26. The van der Waals surface area contributed by atoms with E-state index < -0.39 is 5.60 Å². The lowest BCUT2D eigenvalue weighted by molar-refractivity contribution is 0.0317. The number of hydrogen-bond donors (Lipinski definition) is 3. The number of hydrogen-bond acceptors (Lipinski definition) is 7. The molecule has 1 rings (SSSR count). The number of aromatic nitrogens is 1. The van der Waals surface area contributed by atoms with E-state index in [1.54, 1.807) is 25.9 Å². The van der Waals surface area contributed by atoms with Crippen LogP contribution >= 0.6 is 11.3 Å². The highest BCUT2D eigenvalue weighted by Gasteiger charge is 2.25. The minimum absolute atomic E-state index is 0.208. The third-order valence-corrected chi connectivity index (χ3v) is 3.69. The summed E-state index contributed by atoms with van der Waals surface area (Å²) in [6.07, 6.45) is 0. The second-order valence-electron chi connectivity index (χ2n) is 5.28. The van der Waals surface area contributed by atoms with Gasteiger partial charge in [0, 0.05) is 26.7 Å². The zero-order valence-electron chi connectivity index (χ0n) is 13.0. The van der Waals surface area contributed by atoms with Crippen LogP contribution < -0.4 is 11.1 Å². The number of carbonyl (C=O) groups is 1. The first-order valence-corrected chi connectivity index (χ1v) is 7.61. The van der Waals surface area contributed by atoms with Gasteiger partial charge < -0.3 is 25.8 Å². The first-order valence-electron chi connectivity index (χ1n) is 6.79. The highest BCUT2D eigenvalue weighted by atomic mass is 32.1. The number of anilines is 2. The van der Waals surface area contributed by atoms with Crippen molar-refractivity contribution in [2.24, 2.45) is 0 Å². The molecule has 1 aromatic heterocycles. The van der Waals surface area contributed by atoms with E-state index in [0.717, 1.165) is 0 Å². The van der Waals surface area contributed by atoms with Crippen molar-refractivity contribution in [3.63, 3.8) is 0 Å². The summed E-state index contributed by atoms with van der Waals surface area (Å²) < 4.78 is 4.94. The van der Waals surface area contributed by atoms with Crippen LogP contribution in [0.3, 0.4) is 0 Å². The van der Waals surface area contributed by atoms with Gasteiger partial charge in [0.1, 0.15) is 10.7 Å². The lowest BCUT2D eigenvalue weighted by Crippen LogP contribution is -2.42. The highest BCUT2D eigenvalue weighted by molar-refractivity contribution is 7.18. The molecule has 120 valence electrons. The number of nitrogens with one attached hydrogen (secondary N) is 1. The Morgan fingerprint density at radius 1 is 1.57 bits per heavy atom. The van der Waals surface area contributed by atoms with Gasteiger partial charge in [0.05, 0.1) is 12.2 Å². The van der Waals surface area contributed by atoms with Crippen LogP contribution in [0.1, 0.15) is 30.4 Å². The van der Waals surface area contributed by atoms with Gasteiger partial charge >= 0.3 is 0 Å². The standard InChI is InChI=1S/C13H24N4O3S/c1-5-17(8-13(2,3)19)11(18)9-10(14)16-12(21-9)15-6-7-20-4/h19H,5-8,14H2,1-4H3,(H,15,16). The summed E-state index contributed by atoms with van der Waals surface area (Å²) in [5.41, 5.74) is 4.87. The van der Waals surface area contributed by atoms with E-state index in [1.165, 1.54) is 11.3 Å². The van der Waals surface area contributed by atoms with Crippen molar-refractivity contribution in [3.8, 4) is 0 Å². The minimum atomic E-state index is -0.954. The number of thiazole rings is 1. The monoisotopic (exact) mass is 316 g/mol. The van der Waals surface area contributed by atoms with Crippen LogP contribution in [0.4, 0.5) is 10.9 Å².